The van der Waals surface area contributed by atoms with E-state index in [0.29, 0.717) is 12.2 Å². The maximum Gasteiger partial charge on any atom is 0.270 e. The molecule has 1 unspecified atom stereocenters. The molecular formula is C21H28N4O2S. The van der Waals surface area contributed by atoms with Crippen LogP contribution in [0, 0.1) is 0 Å². The van der Waals surface area contributed by atoms with Gasteiger partial charge < -0.3 is 10.1 Å². The van der Waals surface area contributed by atoms with Crippen LogP contribution in [-0.4, -0.2) is 66.6 Å². The number of amides is 1. The van der Waals surface area contributed by atoms with Crippen LogP contribution in [0.1, 0.15) is 39.9 Å². The molecule has 2 fully saturated rings. The highest BCUT2D eigenvalue weighted by molar-refractivity contribution is 7.09. The summed E-state index contributed by atoms with van der Waals surface area (Å²) in [4.78, 5) is 22.0. The van der Waals surface area contributed by atoms with E-state index >= 15 is 0 Å². The minimum atomic E-state index is -0.0791. The van der Waals surface area contributed by atoms with Gasteiger partial charge in [0.2, 0.25) is 0 Å². The van der Waals surface area contributed by atoms with Crippen molar-refractivity contribution >= 4 is 17.2 Å². The van der Waals surface area contributed by atoms with Crippen LogP contribution in [-0.2, 0) is 11.3 Å². The van der Waals surface area contributed by atoms with Crippen LogP contribution in [0.2, 0.25) is 0 Å². The number of aromatic nitrogens is 1. The monoisotopic (exact) mass is 400 g/mol. The van der Waals surface area contributed by atoms with Crippen molar-refractivity contribution in [3.8, 4) is 0 Å². The average Bonchev–Trinajstić information content (AvgIpc) is 3.42. The van der Waals surface area contributed by atoms with E-state index in [1.807, 2.05) is 11.4 Å². The molecule has 7 heteroatoms. The van der Waals surface area contributed by atoms with Crippen LogP contribution in [0.15, 0.2) is 35.7 Å². The van der Waals surface area contributed by atoms with Gasteiger partial charge in [0.05, 0.1) is 25.8 Å². The second-order valence-corrected chi connectivity index (χ2v) is 8.34. The summed E-state index contributed by atoms with van der Waals surface area (Å²) in [5.74, 6) is -0.0791. The highest BCUT2D eigenvalue weighted by Crippen LogP contribution is 2.24. The number of rotatable bonds is 7. The first-order chi connectivity index (χ1) is 13.8. The fourth-order valence-electron chi connectivity index (χ4n) is 3.90. The smallest absolute Gasteiger partial charge is 0.270 e. The van der Waals surface area contributed by atoms with Crippen molar-refractivity contribution in [2.75, 3.05) is 45.9 Å². The summed E-state index contributed by atoms with van der Waals surface area (Å²) in [7, 11) is 0. The summed E-state index contributed by atoms with van der Waals surface area (Å²) in [6, 6.07) is 10.7. The normalized spacial score (nSPS) is 19.6. The molecule has 1 aromatic carbocycles. The molecule has 1 atom stereocenters. The number of hydrogen-bond donors (Lipinski definition) is 1. The van der Waals surface area contributed by atoms with E-state index < -0.39 is 0 Å². The Bertz CT molecular complexity index is 755. The minimum absolute atomic E-state index is 0.0791. The summed E-state index contributed by atoms with van der Waals surface area (Å²) in [5, 5.41) is 5.99. The number of carbonyl (C=O) groups excluding carboxylic acids is 1. The Morgan fingerprint density at radius 1 is 1.14 bits per heavy atom. The van der Waals surface area contributed by atoms with Gasteiger partial charge in [-0.25, -0.2) is 4.98 Å². The van der Waals surface area contributed by atoms with Crippen molar-refractivity contribution in [1.82, 2.24) is 20.1 Å². The number of benzene rings is 1. The molecule has 2 aliphatic heterocycles. The summed E-state index contributed by atoms with van der Waals surface area (Å²) >= 11 is 1.56. The van der Waals surface area contributed by atoms with E-state index in [1.54, 1.807) is 11.3 Å². The molecule has 28 heavy (non-hydrogen) atoms. The van der Waals surface area contributed by atoms with Crippen LogP contribution in [0.5, 0.6) is 0 Å². The molecule has 0 aliphatic carbocycles. The third-order valence-electron chi connectivity index (χ3n) is 5.47. The number of likely N-dealkylation sites (tertiary alicyclic amines) is 1. The minimum Gasteiger partial charge on any atom is -0.379 e. The fourth-order valence-corrected chi connectivity index (χ4v) is 4.72. The number of thiazole rings is 1. The largest absolute Gasteiger partial charge is 0.379 e. The lowest BCUT2D eigenvalue weighted by Gasteiger charge is -2.28. The molecule has 0 radical (unpaired) electrons. The van der Waals surface area contributed by atoms with Crippen molar-refractivity contribution < 1.29 is 9.53 Å². The molecule has 0 bridgehead atoms. The van der Waals surface area contributed by atoms with Gasteiger partial charge in [0.1, 0.15) is 10.7 Å². The number of morpholine rings is 1. The predicted molar refractivity (Wildman–Crippen MR) is 111 cm³/mol. The SMILES string of the molecule is O=C(NCC(c1ccccc1)N1CCCC1)c1csc(CN2CCOCC2)n1. The highest BCUT2D eigenvalue weighted by atomic mass is 32.1. The first kappa shape index (κ1) is 19.5. The lowest BCUT2D eigenvalue weighted by Crippen LogP contribution is -2.37. The van der Waals surface area contributed by atoms with Crippen molar-refractivity contribution in [3.63, 3.8) is 0 Å². The van der Waals surface area contributed by atoms with Crippen LogP contribution < -0.4 is 5.32 Å². The zero-order valence-corrected chi connectivity index (χ0v) is 17.0. The third kappa shape index (κ3) is 4.97. The van der Waals surface area contributed by atoms with Crippen molar-refractivity contribution in [1.29, 1.82) is 0 Å². The van der Waals surface area contributed by atoms with Gasteiger partial charge in [-0.3, -0.25) is 14.6 Å². The maximum atomic E-state index is 12.7. The van der Waals surface area contributed by atoms with Gasteiger partial charge in [0.25, 0.3) is 5.91 Å². The summed E-state index contributed by atoms with van der Waals surface area (Å²) in [5.41, 5.74) is 1.79. The molecule has 2 aromatic rings. The Balaban J connectivity index is 1.35. The molecule has 1 amide bonds. The Labute approximate surface area is 170 Å². The third-order valence-corrected chi connectivity index (χ3v) is 6.30. The van der Waals surface area contributed by atoms with Gasteiger partial charge in [-0.2, -0.15) is 0 Å². The fraction of sp³-hybridized carbons (Fsp3) is 0.524. The topological polar surface area (TPSA) is 57.7 Å². The van der Waals surface area contributed by atoms with Gasteiger partial charge in [0, 0.05) is 25.0 Å². The molecule has 4 rings (SSSR count). The lowest BCUT2D eigenvalue weighted by atomic mass is 10.1. The van der Waals surface area contributed by atoms with Crippen molar-refractivity contribution in [3.05, 3.63) is 52.0 Å². The first-order valence-corrected chi connectivity index (χ1v) is 11.0. The van der Waals surface area contributed by atoms with Gasteiger partial charge >= 0.3 is 0 Å². The van der Waals surface area contributed by atoms with Gasteiger partial charge in [-0.1, -0.05) is 30.3 Å². The molecule has 150 valence electrons. The van der Waals surface area contributed by atoms with E-state index in [4.69, 9.17) is 4.74 Å². The number of ether oxygens (including phenoxy) is 1. The zero-order chi connectivity index (χ0) is 19.2. The molecule has 2 aliphatic rings. The molecule has 3 heterocycles. The van der Waals surface area contributed by atoms with E-state index in [-0.39, 0.29) is 11.9 Å². The number of nitrogens with one attached hydrogen (secondary N) is 1. The van der Waals surface area contributed by atoms with Gasteiger partial charge in [-0.05, 0) is 31.5 Å². The van der Waals surface area contributed by atoms with E-state index in [9.17, 15) is 4.79 Å². The molecule has 6 nitrogen and oxygen atoms in total. The standard InChI is InChI=1S/C21H28N4O2S/c26-21(18-16-28-20(23-18)15-24-10-12-27-13-11-24)22-14-19(25-8-4-5-9-25)17-6-2-1-3-7-17/h1-3,6-7,16,19H,4-5,8-15H2,(H,22,26). The zero-order valence-electron chi connectivity index (χ0n) is 16.2. The molecular weight excluding hydrogens is 372 g/mol. The maximum absolute atomic E-state index is 12.7. The van der Waals surface area contributed by atoms with Crippen molar-refractivity contribution in [2.45, 2.75) is 25.4 Å². The number of carbonyl (C=O) groups is 1. The Morgan fingerprint density at radius 3 is 2.64 bits per heavy atom. The average molecular weight is 401 g/mol. The molecule has 1 N–H and O–H groups in total. The van der Waals surface area contributed by atoms with Crippen LogP contribution in [0.25, 0.3) is 0 Å². The summed E-state index contributed by atoms with van der Waals surface area (Å²) < 4.78 is 5.39. The summed E-state index contributed by atoms with van der Waals surface area (Å²) in [6.07, 6.45) is 2.46. The van der Waals surface area contributed by atoms with E-state index in [1.165, 1.54) is 18.4 Å². The Kier molecular flexibility index (Phi) is 6.69. The van der Waals surface area contributed by atoms with Gasteiger partial charge in [0.15, 0.2) is 0 Å². The molecule has 0 spiro atoms. The Morgan fingerprint density at radius 2 is 1.89 bits per heavy atom. The lowest BCUT2D eigenvalue weighted by molar-refractivity contribution is 0.0341. The summed E-state index contributed by atoms with van der Waals surface area (Å²) in [6.45, 7) is 6.99. The van der Waals surface area contributed by atoms with Crippen LogP contribution in [0.4, 0.5) is 0 Å². The van der Waals surface area contributed by atoms with Crippen LogP contribution in [0.3, 0.4) is 0 Å². The van der Waals surface area contributed by atoms with Crippen LogP contribution >= 0.6 is 11.3 Å². The second-order valence-electron chi connectivity index (χ2n) is 7.39. The second kappa shape index (κ2) is 9.60. The first-order valence-electron chi connectivity index (χ1n) is 10.1. The van der Waals surface area contributed by atoms with E-state index in [0.717, 1.165) is 50.9 Å². The van der Waals surface area contributed by atoms with Crippen molar-refractivity contribution in [2.24, 2.45) is 0 Å². The number of hydrogen-bond acceptors (Lipinski definition) is 6. The van der Waals surface area contributed by atoms with E-state index in [2.05, 4.69) is 44.4 Å². The molecule has 0 saturated carbocycles. The van der Waals surface area contributed by atoms with Gasteiger partial charge in [-0.15, -0.1) is 11.3 Å². The molecule has 1 aromatic heterocycles. The quantitative estimate of drug-likeness (QED) is 0.774. The molecule has 2 saturated heterocycles. The Hall–Kier alpha value is -1.80. The number of nitrogens with zero attached hydrogens (tertiary/aromatic N) is 3. The highest BCUT2D eigenvalue weighted by Gasteiger charge is 2.24. The predicted octanol–water partition coefficient (Wildman–Crippen LogP) is 2.54.